The number of aliphatic hydroxyl groups excluding tert-OH is 14. The molecule has 28 heteroatoms. The highest BCUT2D eigenvalue weighted by molar-refractivity contribution is 7.47. The number of unbranched alkanes of at least 4 members (excludes halogenated alkanes) is 33. The van der Waals surface area contributed by atoms with Crippen LogP contribution < -0.4 is 5.32 Å². The van der Waals surface area contributed by atoms with Crippen LogP contribution in [-0.2, 0) is 41.5 Å². The van der Waals surface area contributed by atoms with Crippen molar-refractivity contribution in [1.29, 1.82) is 0 Å². The topological polar surface area (TPSA) is 442 Å². The van der Waals surface area contributed by atoms with Gasteiger partial charge in [0.25, 0.3) is 0 Å². The quantitative estimate of drug-likeness (QED) is 0.0277. The minimum atomic E-state index is -5.58. The van der Waals surface area contributed by atoms with Crippen LogP contribution in [0.5, 0.6) is 0 Å². The molecule has 2 saturated carbocycles. The van der Waals surface area contributed by atoms with Crippen molar-refractivity contribution in [3.8, 4) is 0 Å². The first-order chi connectivity index (χ1) is 42.9. The van der Waals surface area contributed by atoms with Crippen LogP contribution in [0.15, 0.2) is 0 Å². The lowest BCUT2D eigenvalue weighted by Crippen LogP contribution is -2.67. The number of nitrogens with one attached hydrogen (secondary N) is 1. The monoisotopic (exact) mass is 1340 g/mol. The fourth-order valence-electron chi connectivity index (χ4n) is 12.0. The van der Waals surface area contributed by atoms with E-state index in [0.717, 1.165) is 64.2 Å². The van der Waals surface area contributed by atoms with E-state index < -0.39 is 157 Å². The molecule has 1 amide bonds. The third-order valence-corrected chi connectivity index (χ3v) is 19.9. The third kappa shape index (κ3) is 31.1. The average Bonchev–Trinajstić information content (AvgIpc) is 1.00. The molecule has 1 heterocycles. The molecule has 1 aliphatic heterocycles. The van der Waals surface area contributed by atoms with Crippen molar-refractivity contribution in [3.63, 3.8) is 0 Å². The smallest absolute Gasteiger partial charge is 0.391 e. The van der Waals surface area contributed by atoms with Crippen molar-refractivity contribution in [2.45, 2.75) is 374 Å². The number of hydrogen-bond acceptors (Lipinski definition) is 23. The summed E-state index contributed by atoms with van der Waals surface area (Å²) in [7, 11) is -11.1. The van der Waals surface area contributed by atoms with Gasteiger partial charge in [-0.05, 0) is 12.8 Å². The zero-order valence-corrected chi connectivity index (χ0v) is 55.6. The SMILES string of the molecule is CCCCCCCCCCCCCCCCCCCCCCCCC(O)C(=O)NC(COP(=O)(O)OC1C(O)C(O)C(O)C(O)C1OC1OC(COP(=O)(O)OC2C(O)C(O)C(O)C(O)C2O)C(O)C(O)C1O)C(O)CCCCCCCCCCCCCCC. The lowest BCUT2D eigenvalue weighted by Gasteiger charge is -2.47. The van der Waals surface area contributed by atoms with Crippen LogP contribution >= 0.6 is 15.6 Å². The van der Waals surface area contributed by atoms with Gasteiger partial charge in [0.05, 0.1) is 25.4 Å². The van der Waals surface area contributed by atoms with Gasteiger partial charge in [-0.25, -0.2) is 9.13 Å². The van der Waals surface area contributed by atoms with Gasteiger partial charge in [0.15, 0.2) is 6.29 Å². The first kappa shape index (κ1) is 83.3. The molecule has 2 aliphatic carbocycles. The molecule has 3 aliphatic rings. The maximum Gasteiger partial charge on any atom is 0.472 e. The molecule has 20 unspecified atom stereocenters. The second kappa shape index (κ2) is 46.3. The molecule has 534 valence electrons. The van der Waals surface area contributed by atoms with Crippen molar-refractivity contribution < 1.29 is 123 Å². The van der Waals surface area contributed by atoms with Crippen molar-refractivity contribution in [3.05, 3.63) is 0 Å². The number of phosphoric acid groups is 2. The summed E-state index contributed by atoms with van der Waals surface area (Å²) < 4.78 is 57.9. The van der Waals surface area contributed by atoms with Gasteiger partial charge < -0.3 is 96.1 Å². The lowest BCUT2D eigenvalue weighted by atomic mass is 9.84. The summed E-state index contributed by atoms with van der Waals surface area (Å²) in [5.41, 5.74) is 0. The van der Waals surface area contributed by atoms with E-state index in [0.29, 0.717) is 12.8 Å². The Labute approximate surface area is 534 Å². The molecule has 0 aromatic rings. The Morgan fingerprint density at radius 1 is 0.400 bits per heavy atom. The minimum absolute atomic E-state index is 0.104. The maximum absolute atomic E-state index is 13.8. The number of ether oxygens (including phenoxy) is 2. The highest BCUT2D eigenvalue weighted by atomic mass is 31.2. The summed E-state index contributed by atoms with van der Waals surface area (Å²) in [4.78, 5) is 35.0. The number of rotatable bonds is 52. The van der Waals surface area contributed by atoms with Gasteiger partial charge in [-0.2, -0.15) is 0 Å². The summed E-state index contributed by atoms with van der Waals surface area (Å²) in [6.07, 6.45) is -0.209. The van der Waals surface area contributed by atoms with E-state index >= 15 is 0 Å². The summed E-state index contributed by atoms with van der Waals surface area (Å²) in [6, 6.07) is -1.42. The number of amides is 1. The zero-order chi connectivity index (χ0) is 66.7. The molecule has 0 spiro atoms. The molecular formula is C62H121NO25P2. The van der Waals surface area contributed by atoms with Gasteiger partial charge >= 0.3 is 15.6 Å². The molecule has 1 saturated heterocycles. The number of aliphatic hydroxyl groups is 14. The Balaban J connectivity index is 1.56. The number of carbonyl (C=O) groups excluding carboxylic acids is 1. The molecule has 90 heavy (non-hydrogen) atoms. The normalized spacial score (nSPS) is 31.4. The fourth-order valence-corrected chi connectivity index (χ4v) is 13.9. The molecule has 0 aromatic carbocycles. The summed E-state index contributed by atoms with van der Waals surface area (Å²) in [5.74, 6) is -0.875. The van der Waals surface area contributed by atoms with Gasteiger partial charge in [-0.15, -0.1) is 0 Å². The molecule has 0 radical (unpaired) electrons. The Bertz CT molecular complexity index is 1920. The van der Waals surface area contributed by atoms with Gasteiger partial charge in [-0.3, -0.25) is 22.9 Å². The van der Waals surface area contributed by atoms with Gasteiger partial charge in [0, 0.05) is 0 Å². The summed E-state index contributed by atoms with van der Waals surface area (Å²) in [5, 5.41) is 151. The standard InChI is InChI=1S/C62H121NO25P2/c1-3-5-7-9-11-13-15-17-18-19-20-21-22-23-24-25-27-29-31-33-35-37-39-44(65)61(78)63-42(43(64)38-36-34-32-30-28-26-16-14-12-10-8-6-4-2)40-83-89(79,80)88-60-56(76)52(72)51(71)55(75)59(60)86-62-57(77)47(67)46(66)45(85-62)41-84-90(81,82)87-58-53(73)49(69)48(68)50(70)54(58)74/h42-60,62,64-77H,3-41H2,1-2H3,(H,63,78)(H,79,80)(H,81,82). The average molecular weight is 1340 g/mol. The van der Waals surface area contributed by atoms with Gasteiger partial charge in [-0.1, -0.05) is 239 Å². The van der Waals surface area contributed by atoms with Crippen molar-refractivity contribution in [2.75, 3.05) is 13.2 Å². The predicted molar refractivity (Wildman–Crippen MR) is 333 cm³/mol. The maximum atomic E-state index is 13.8. The van der Waals surface area contributed by atoms with E-state index in [9.17, 15) is 95.2 Å². The Morgan fingerprint density at radius 3 is 1.11 bits per heavy atom. The van der Waals surface area contributed by atoms with Crippen LogP contribution in [0.2, 0.25) is 0 Å². The highest BCUT2D eigenvalue weighted by Gasteiger charge is 2.56. The van der Waals surface area contributed by atoms with E-state index in [1.54, 1.807) is 0 Å². The predicted octanol–water partition coefficient (Wildman–Crippen LogP) is 5.14. The van der Waals surface area contributed by atoms with Crippen molar-refractivity contribution >= 4 is 21.6 Å². The molecule has 17 N–H and O–H groups in total. The Kier molecular flexibility index (Phi) is 42.8. The van der Waals surface area contributed by atoms with E-state index in [4.69, 9.17) is 27.6 Å². The lowest BCUT2D eigenvalue weighted by molar-refractivity contribution is -0.337. The largest absolute Gasteiger partial charge is 0.472 e. The molecule has 3 rings (SSSR count). The molecule has 3 fully saturated rings. The number of phosphoric ester groups is 2. The van der Waals surface area contributed by atoms with Crippen LogP contribution in [-0.4, -0.2) is 223 Å². The summed E-state index contributed by atoms with van der Waals surface area (Å²) in [6.45, 7) is 2.27. The van der Waals surface area contributed by atoms with Crippen molar-refractivity contribution in [2.24, 2.45) is 0 Å². The molecule has 0 bridgehead atoms. The molecule has 20 atom stereocenters. The second-order valence-corrected chi connectivity index (χ2v) is 28.5. The summed E-state index contributed by atoms with van der Waals surface area (Å²) >= 11 is 0. The first-order valence-electron chi connectivity index (χ1n) is 34.3. The first-order valence-corrected chi connectivity index (χ1v) is 37.3. The van der Waals surface area contributed by atoms with Crippen LogP contribution in [0.4, 0.5) is 0 Å². The van der Waals surface area contributed by atoms with E-state index in [2.05, 4.69) is 19.2 Å². The second-order valence-electron chi connectivity index (χ2n) is 25.6. The van der Waals surface area contributed by atoms with Gasteiger partial charge in [0.1, 0.15) is 104 Å². The third-order valence-electron chi connectivity index (χ3n) is 17.9. The zero-order valence-electron chi connectivity index (χ0n) is 53.8. The Morgan fingerprint density at radius 2 is 0.711 bits per heavy atom. The van der Waals surface area contributed by atoms with Crippen LogP contribution in [0.25, 0.3) is 0 Å². The van der Waals surface area contributed by atoms with E-state index in [-0.39, 0.29) is 12.8 Å². The fraction of sp³-hybridized carbons (Fsp3) is 0.984. The number of hydrogen-bond donors (Lipinski definition) is 17. The van der Waals surface area contributed by atoms with E-state index in [1.165, 1.54) is 148 Å². The minimum Gasteiger partial charge on any atom is -0.391 e. The molecular weight excluding hydrogens is 1220 g/mol. The van der Waals surface area contributed by atoms with Crippen molar-refractivity contribution in [1.82, 2.24) is 5.32 Å². The van der Waals surface area contributed by atoms with Crippen LogP contribution in [0.3, 0.4) is 0 Å². The van der Waals surface area contributed by atoms with E-state index in [1.807, 2.05) is 0 Å². The molecule has 26 nitrogen and oxygen atoms in total. The van der Waals surface area contributed by atoms with Crippen LogP contribution in [0, 0.1) is 0 Å². The Hall–Kier alpha value is -0.950. The molecule has 0 aromatic heterocycles. The highest BCUT2D eigenvalue weighted by Crippen LogP contribution is 2.49. The number of carbonyl (C=O) groups is 1. The van der Waals surface area contributed by atoms with Crippen LogP contribution in [0.1, 0.15) is 251 Å². The van der Waals surface area contributed by atoms with Gasteiger partial charge in [0.2, 0.25) is 5.91 Å².